The number of hydrogen-bond donors (Lipinski definition) is 0. The summed E-state index contributed by atoms with van der Waals surface area (Å²) in [6.45, 7) is 10.8. The Morgan fingerprint density at radius 3 is 2.58 bits per heavy atom. The second-order valence-corrected chi connectivity index (χ2v) is 5.93. The Hall–Kier alpha value is -1.37. The summed E-state index contributed by atoms with van der Waals surface area (Å²) >= 11 is 0. The first-order valence-electron chi connectivity index (χ1n) is 7.35. The lowest BCUT2D eigenvalue weighted by Crippen LogP contribution is -2.24. The van der Waals surface area contributed by atoms with Crippen LogP contribution in [-0.4, -0.2) is 5.71 Å². The Labute approximate surface area is 117 Å². The molecule has 0 heterocycles. The van der Waals surface area contributed by atoms with Gasteiger partial charge in [0.25, 0.3) is 0 Å². The van der Waals surface area contributed by atoms with Gasteiger partial charge in [-0.3, -0.25) is 4.99 Å². The van der Waals surface area contributed by atoms with Crippen molar-refractivity contribution in [2.24, 2.45) is 16.8 Å². The van der Waals surface area contributed by atoms with Crippen LogP contribution in [0.25, 0.3) is 0 Å². The third kappa shape index (κ3) is 3.56. The van der Waals surface area contributed by atoms with E-state index in [4.69, 9.17) is 4.99 Å². The van der Waals surface area contributed by atoms with E-state index in [0.29, 0.717) is 11.8 Å². The van der Waals surface area contributed by atoms with Crippen molar-refractivity contribution in [3.8, 4) is 0 Å². The van der Waals surface area contributed by atoms with Gasteiger partial charge in [0, 0.05) is 5.71 Å². The minimum atomic E-state index is 0.266. The van der Waals surface area contributed by atoms with Crippen LogP contribution in [-0.2, 0) is 0 Å². The van der Waals surface area contributed by atoms with Crippen molar-refractivity contribution in [3.63, 3.8) is 0 Å². The fraction of sp³-hybridized carbons (Fsp3) is 0.500. The molecule has 0 N–H and O–H groups in total. The summed E-state index contributed by atoms with van der Waals surface area (Å²) in [6.07, 6.45) is 3.63. The average Bonchev–Trinajstić information content (AvgIpc) is 2.42. The molecule has 0 aromatic heterocycles. The molecule has 0 bridgehead atoms. The quantitative estimate of drug-likeness (QED) is 0.658. The molecule has 0 saturated heterocycles. The molecule has 1 aromatic carbocycles. The molecule has 0 amide bonds. The summed E-state index contributed by atoms with van der Waals surface area (Å²) in [5, 5.41) is 0. The van der Waals surface area contributed by atoms with Crippen LogP contribution < -0.4 is 0 Å². The molecule has 1 aromatic rings. The van der Waals surface area contributed by atoms with Crippen molar-refractivity contribution in [3.05, 3.63) is 48.0 Å². The van der Waals surface area contributed by atoms with Crippen molar-refractivity contribution in [1.82, 2.24) is 0 Å². The van der Waals surface area contributed by atoms with E-state index >= 15 is 0 Å². The van der Waals surface area contributed by atoms with Crippen LogP contribution in [0.4, 0.5) is 0 Å². The van der Waals surface area contributed by atoms with E-state index in [1.165, 1.54) is 29.7 Å². The molecule has 1 fully saturated rings. The topological polar surface area (TPSA) is 12.4 Å². The van der Waals surface area contributed by atoms with Gasteiger partial charge in [0.1, 0.15) is 0 Å². The molecule has 0 unspecified atom stereocenters. The van der Waals surface area contributed by atoms with E-state index in [9.17, 15) is 0 Å². The fourth-order valence-corrected chi connectivity index (χ4v) is 2.83. The molecule has 19 heavy (non-hydrogen) atoms. The van der Waals surface area contributed by atoms with Gasteiger partial charge in [-0.1, -0.05) is 49.4 Å². The maximum atomic E-state index is 5.00. The fourth-order valence-electron chi connectivity index (χ4n) is 2.83. The van der Waals surface area contributed by atoms with Gasteiger partial charge in [-0.15, -0.1) is 0 Å². The van der Waals surface area contributed by atoms with Crippen LogP contribution in [0.3, 0.4) is 0 Å². The molecule has 2 rings (SSSR count). The van der Waals surface area contributed by atoms with Crippen LogP contribution in [0, 0.1) is 11.8 Å². The number of benzene rings is 1. The summed E-state index contributed by atoms with van der Waals surface area (Å²) < 4.78 is 0. The Morgan fingerprint density at radius 1 is 1.26 bits per heavy atom. The van der Waals surface area contributed by atoms with Crippen LogP contribution >= 0.6 is 0 Å². The maximum absolute atomic E-state index is 5.00. The first-order chi connectivity index (χ1) is 9.08. The molecule has 3 atom stereocenters. The standard InChI is InChI=1S/C18H25N/c1-13(2)17-11-10-14(3)18(12-17)19-15(4)16-8-6-5-7-9-16/h5-9,14-15,17H,1,10-12H2,2-4H3/t14-,15-,17+/m1/s1. The number of aliphatic imine (C=N–C) groups is 1. The zero-order valence-electron chi connectivity index (χ0n) is 12.4. The SMILES string of the molecule is C=C(C)[C@H]1CC[C@@H](C)C(=N[C@H](C)c2ccccc2)C1. The van der Waals surface area contributed by atoms with Gasteiger partial charge in [0.05, 0.1) is 6.04 Å². The smallest absolute Gasteiger partial charge is 0.0720 e. The van der Waals surface area contributed by atoms with E-state index in [0.717, 1.165) is 6.42 Å². The van der Waals surface area contributed by atoms with Crippen molar-refractivity contribution >= 4 is 5.71 Å². The van der Waals surface area contributed by atoms with Gasteiger partial charge < -0.3 is 0 Å². The first kappa shape index (κ1) is 14.0. The lowest BCUT2D eigenvalue weighted by molar-refractivity contribution is 0.461. The average molecular weight is 255 g/mol. The second-order valence-electron chi connectivity index (χ2n) is 5.93. The Kier molecular flexibility index (Phi) is 4.57. The van der Waals surface area contributed by atoms with Gasteiger partial charge in [0.2, 0.25) is 0 Å². The minimum Gasteiger partial charge on any atom is -0.286 e. The molecule has 1 heteroatoms. The first-order valence-corrected chi connectivity index (χ1v) is 7.35. The monoisotopic (exact) mass is 255 g/mol. The summed E-state index contributed by atoms with van der Waals surface area (Å²) in [4.78, 5) is 5.00. The summed E-state index contributed by atoms with van der Waals surface area (Å²) in [5.74, 6) is 1.26. The molecule has 0 spiro atoms. The zero-order chi connectivity index (χ0) is 13.8. The van der Waals surface area contributed by atoms with Gasteiger partial charge in [-0.05, 0) is 50.5 Å². The molecule has 1 aliphatic carbocycles. The van der Waals surface area contributed by atoms with E-state index < -0.39 is 0 Å². The third-order valence-corrected chi connectivity index (χ3v) is 4.31. The van der Waals surface area contributed by atoms with Crippen LogP contribution in [0.15, 0.2) is 47.5 Å². The molecule has 102 valence electrons. The van der Waals surface area contributed by atoms with E-state index in [2.05, 4.69) is 57.7 Å². The highest BCUT2D eigenvalue weighted by molar-refractivity contribution is 5.88. The summed E-state index contributed by atoms with van der Waals surface area (Å²) in [7, 11) is 0. The maximum Gasteiger partial charge on any atom is 0.0720 e. The van der Waals surface area contributed by atoms with Crippen LogP contribution in [0.5, 0.6) is 0 Å². The predicted octanol–water partition coefficient (Wildman–Crippen LogP) is 5.20. The van der Waals surface area contributed by atoms with Crippen LogP contribution in [0.2, 0.25) is 0 Å². The molecular weight excluding hydrogens is 230 g/mol. The molecule has 0 radical (unpaired) electrons. The minimum absolute atomic E-state index is 0.266. The highest BCUT2D eigenvalue weighted by Gasteiger charge is 2.24. The largest absolute Gasteiger partial charge is 0.286 e. The number of hydrogen-bond acceptors (Lipinski definition) is 1. The van der Waals surface area contributed by atoms with Crippen molar-refractivity contribution < 1.29 is 0 Å². The Morgan fingerprint density at radius 2 is 1.95 bits per heavy atom. The number of rotatable bonds is 3. The van der Waals surface area contributed by atoms with E-state index in [-0.39, 0.29) is 6.04 Å². The second kappa shape index (κ2) is 6.18. The third-order valence-electron chi connectivity index (χ3n) is 4.31. The highest BCUT2D eigenvalue weighted by Crippen LogP contribution is 2.32. The van der Waals surface area contributed by atoms with Crippen molar-refractivity contribution in [2.75, 3.05) is 0 Å². The van der Waals surface area contributed by atoms with Gasteiger partial charge in [0.15, 0.2) is 0 Å². The molecular formula is C18H25N. The molecule has 0 aliphatic heterocycles. The van der Waals surface area contributed by atoms with E-state index in [1.54, 1.807) is 0 Å². The number of nitrogens with zero attached hydrogens (tertiary/aromatic N) is 1. The van der Waals surface area contributed by atoms with Crippen molar-refractivity contribution in [2.45, 2.75) is 46.1 Å². The molecule has 1 nitrogen and oxygen atoms in total. The highest BCUT2D eigenvalue weighted by atomic mass is 14.8. The van der Waals surface area contributed by atoms with Gasteiger partial charge >= 0.3 is 0 Å². The lowest BCUT2D eigenvalue weighted by Gasteiger charge is -2.29. The Bertz CT molecular complexity index is 458. The number of allylic oxidation sites excluding steroid dienone is 1. The summed E-state index contributed by atoms with van der Waals surface area (Å²) in [6, 6.07) is 10.8. The van der Waals surface area contributed by atoms with Crippen molar-refractivity contribution in [1.29, 1.82) is 0 Å². The zero-order valence-corrected chi connectivity index (χ0v) is 12.4. The van der Waals surface area contributed by atoms with Gasteiger partial charge in [-0.25, -0.2) is 0 Å². The summed E-state index contributed by atoms with van der Waals surface area (Å²) in [5.41, 5.74) is 4.00. The van der Waals surface area contributed by atoms with Crippen LogP contribution in [0.1, 0.15) is 51.6 Å². The molecule has 1 aliphatic rings. The normalized spacial score (nSPS) is 27.2. The van der Waals surface area contributed by atoms with Gasteiger partial charge in [-0.2, -0.15) is 0 Å². The molecule has 1 saturated carbocycles. The Balaban J connectivity index is 2.14. The predicted molar refractivity (Wildman–Crippen MR) is 83.6 cm³/mol. The lowest BCUT2D eigenvalue weighted by atomic mass is 9.78. The van der Waals surface area contributed by atoms with E-state index in [1.807, 2.05) is 0 Å².